The Kier molecular flexibility index (Phi) is 6.29. The smallest absolute Gasteiger partial charge is 0.168 e. The number of rotatable bonds is 6. The lowest BCUT2D eigenvalue weighted by Crippen LogP contribution is -2.46. The molecule has 2 heterocycles. The zero-order chi connectivity index (χ0) is 22.1. The number of phenols is 1. The van der Waals surface area contributed by atoms with Crippen molar-refractivity contribution in [1.82, 2.24) is 5.32 Å². The minimum Gasteiger partial charge on any atom is -0.505 e. The van der Waals surface area contributed by atoms with E-state index in [4.69, 9.17) is 9.47 Å². The summed E-state index contributed by atoms with van der Waals surface area (Å²) < 4.78 is 38.3. The van der Waals surface area contributed by atoms with Crippen molar-refractivity contribution in [2.45, 2.75) is 49.8 Å². The van der Waals surface area contributed by atoms with Gasteiger partial charge in [-0.15, -0.1) is 0 Å². The Morgan fingerprint density at radius 2 is 1.71 bits per heavy atom. The number of aliphatic hydroxyl groups excluding tert-OH is 3. The molecule has 0 aromatic heterocycles. The van der Waals surface area contributed by atoms with Gasteiger partial charge < -0.3 is 35.2 Å². The van der Waals surface area contributed by atoms with Gasteiger partial charge in [0, 0.05) is 31.1 Å². The van der Waals surface area contributed by atoms with Crippen molar-refractivity contribution in [3.8, 4) is 17.2 Å². The Bertz CT molecular complexity index is 942. The van der Waals surface area contributed by atoms with E-state index in [2.05, 4.69) is 5.32 Å². The van der Waals surface area contributed by atoms with Gasteiger partial charge in [-0.2, -0.15) is 0 Å². The van der Waals surface area contributed by atoms with Crippen LogP contribution < -0.4 is 14.8 Å². The number of benzene rings is 2. The summed E-state index contributed by atoms with van der Waals surface area (Å²) in [4.78, 5) is 0. The van der Waals surface area contributed by atoms with Crippen molar-refractivity contribution in [3.05, 3.63) is 53.1 Å². The molecule has 0 saturated heterocycles. The molecule has 0 spiro atoms. The first-order valence-electron chi connectivity index (χ1n) is 10.2. The van der Waals surface area contributed by atoms with E-state index >= 15 is 0 Å². The normalized spacial score (nSPS) is 24.4. The van der Waals surface area contributed by atoms with Crippen LogP contribution in [0.5, 0.6) is 17.2 Å². The first-order chi connectivity index (χ1) is 14.8. The zero-order valence-electron chi connectivity index (χ0n) is 16.7. The minimum absolute atomic E-state index is 0.0940. The van der Waals surface area contributed by atoms with Crippen LogP contribution in [0.4, 0.5) is 8.78 Å². The predicted molar refractivity (Wildman–Crippen MR) is 106 cm³/mol. The van der Waals surface area contributed by atoms with E-state index in [1.54, 1.807) is 0 Å². The molecule has 0 saturated carbocycles. The molecule has 0 aliphatic carbocycles. The Morgan fingerprint density at radius 3 is 2.48 bits per heavy atom. The Hall–Kier alpha value is -2.46. The van der Waals surface area contributed by atoms with Crippen LogP contribution in [0, 0.1) is 11.6 Å². The van der Waals surface area contributed by atoms with E-state index in [1.165, 1.54) is 24.3 Å². The second-order valence-corrected chi connectivity index (χ2v) is 7.99. The second-order valence-electron chi connectivity index (χ2n) is 7.99. The van der Waals surface area contributed by atoms with E-state index < -0.39 is 47.9 Å². The van der Waals surface area contributed by atoms with Gasteiger partial charge in [0.1, 0.15) is 41.7 Å². The van der Waals surface area contributed by atoms with E-state index in [1.807, 2.05) is 0 Å². The summed E-state index contributed by atoms with van der Waals surface area (Å²) in [5, 5.41) is 43.5. The quantitative estimate of drug-likeness (QED) is 0.466. The lowest BCUT2D eigenvalue weighted by Gasteiger charge is -2.33. The minimum atomic E-state index is -0.967. The van der Waals surface area contributed by atoms with Gasteiger partial charge in [-0.1, -0.05) is 0 Å². The zero-order valence-corrected chi connectivity index (χ0v) is 16.7. The monoisotopic (exact) mass is 437 g/mol. The third-order valence-electron chi connectivity index (χ3n) is 5.74. The SMILES string of the molecule is Oc1cc2c(cc1F)O[C@H]([C@@H](O)CNC[C@H](O)[C@H]1C[C@H](O)c3cc(F)ccc3O1)CC2. The lowest BCUT2D eigenvalue weighted by molar-refractivity contribution is -0.0175. The molecule has 31 heavy (non-hydrogen) atoms. The van der Waals surface area contributed by atoms with Crippen molar-refractivity contribution in [2.75, 3.05) is 13.1 Å². The summed E-state index contributed by atoms with van der Waals surface area (Å²) in [7, 11) is 0. The summed E-state index contributed by atoms with van der Waals surface area (Å²) in [5.41, 5.74) is 1.03. The Balaban J connectivity index is 1.27. The maximum atomic E-state index is 13.6. The van der Waals surface area contributed by atoms with Gasteiger partial charge >= 0.3 is 0 Å². The molecule has 0 amide bonds. The standard InChI is InChI=1S/C22H25F2NO6/c23-12-2-4-19-13(6-12)15(26)8-22(30-19)18(29)10-25-9-17(28)20-3-1-11-5-16(27)14(24)7-21(11)31-20/h2,4-7,15,17-18,20,22,25-29H,1,3,8-10H2/t15-,17-,18-,20-,22+/m0/s1. The van der Waals surface area contributed by atoms with Gasteiger partial charge in [-0.3, -0.25) is 0 Å². The average molecular weight is 437 g/mol. The number of halogens is 2. The van der Waals surface area contributed by atoms with Gasteiger partial charge in [-0.05, 0) is 42.7 Å². The largest absolute Gasteiger partial charge is 0.505 e. The molecule has 5 atom stereocenters. The first-order valence-corrected chi connectivity index (χ1v) is 10.2. The molecule has 4 rings (SSSR count). The fourth-order valence-electron chi connectivity index (χ4n) is 4.01. The second kappa shape index (κ2) is 8.96. The van der Waals surface area contributed by atoms with Crippen LogP contribution in [0.3, 0.4) is 0 Å². The molecule has 0 fully saturated rings. The molecule has 2 aromatic rings. The van der Waals surface area contributed by atoms with E-state index in [0.717, 1.165) is 6.07 Å². The molecule has 0 radical (unpaired) electrons. The number of aryl methyl sites for hydroxylation is 1. The molecule has 9 heteroatoms. The van der Waals surface area contributed by atoms with Gasteiger partial charge in [-0.25, -0.2) is 8.78 Å². The van der Waals surface area contributed by atoms with Crippen LogP contribution in [0.1, 0.15) is 30.1 Å². The lowest BCUT2D eigenvalue weighted by atomic mass is 9.96. The molecule has 7 nitrogen and oxygen atoms in total. The van der Waals surface area contributed by atoms with Crippen LogP contribution in [-0.4, -0.2) is 57.9 Å². The van der Waals surface area contributed by atoms with Crippen LogP contribution in [0.2, 0.25) is 0 Å². The number of aliphatic hydroxyl groups is 3. The number of fused-ring (bicyclic) bond motifs is 2. The molecule has 0 unspecified atom stereocenters. The summed E-state index contributed by atoms with van der Waals surface area (Å²) in [5.74, 6) is -1.06. The van der Waals surface area contributed by atoms with Gasteiger partial charge in [0.15, 0.2) is 11.6 Å². The molecule has 0 bridgehead atoms. The Labute approximate surface area is 177 Å². The number of ether oxygens (including phenoxy) is 2. The highest BCUT2D eigenvalue weighted by Crippen LogP contribution is 2.36. The van der Waals surface area contributed by atoms with Crippen molar-refractivity contribution in [1.29, 1.82) is 0 Å². The first kappa shape index (κ1) is 21.8. The number of hydrogen-bond acceptors (Lipinski definition) is 7. The predicted octanol–water partition coefficient (Wildman–Crippen LogP) is 1.56. The molecule has 2 aromatic carbocycles. The van der Waals surface area contributed by atoms with Crippen molar-refractivity contribution >= 4 is 0 Å². The topological polar surface area (TPSA) is 111 Å². The van der Waals surface area contributed by atoms with Crippen LogP contribution in [0.15, 0.2) is 30.3 Å². The maximum Gasteiger partial charge on any atom is 0.168 e. The summed E-state index contributed by atoms with van der Waals surface area (Å²) in [6.45, 7) is 0.214. The van der Waals surface area contributed by atoms with E-state index in [0.29, 0.717) is 35.5 Å². The fourth-order valence-corrected chi connectivity index (χ4v) is 4.01. The summed E-state index contributed by atoms with van der Waals surface area (Å²) in [6.07, 6.45) is -2.93. The third kappa shape index (κ3) is 4.74. The fraction of sp³-hybridized carbons (Fsp3) is 0.455. The van der Waals surface area contributed by atoms with Gasteiger partial charge in [0.2, 0.25) is 0 Å². The van der Waals surface area contributed by atoms with Crippen LogP contribution >= 0.6 is 0 Å². The maximum absolute atomic E-state index is 13.6. The average Bonchev–Trinajstić information content (AvgIpc) is 2.74. The van der Waals surface area contributed by atoms with E-state index in [9.17, 15) is 29.2 Å². The van der Waals surface area contributed by atoms with Crippen LogP contribution in [0.25, 0.3) is 0 Å². The number of hydrogen-bond donors (Lipinski definition) is 5. The van der Waals surface area contributed by atoms with Gasteiger partial charge in [0.05, 0.1) is 6.10 Å². The van der Waals surface area contributed by atoms with E-state index in [-0.39, 0.29) is 19.5 Å². The Morgan fingerprint density at radius 1 is 1.00 bits per heavy atom. The molecular weight excluding hydrogens is 412 g/mol. The van der Waals surface area contributed by atoms with Crippen molar-refractivity contribution in [2.24, 2.45) is 0 Å². The third-order valence-corrected chi connectivity index (χ3v) is 5.74. The molecule has 2 aliphatic heterocycles. The summed E-state index contributed by atoms with van der Waals surface area (Å²) >= 11 is 0. The highest BCUT2D eigenvalue weighted by atomic mass is 19.1. The van der Waals surface area contributed by atoms with Gasteiger partial charge in [0.25, 0.3) is 0 Å². The molecule has 168 valence electrons. The number of aromatic hydroxyl groups is 1. The molecule has 2 aliphatic rings. The van der Waals surface area contributed by atoms with Crippen LogP contribution in [-0.2, 0) is 6.42 Å². The number of nitrogens with one attached hydrogen (secondary N) is 1. The highest BCUT2D eigenvalue weighted by molar-refractivity contribution is 5.42. The van der Waals surface area contributed by atoms with Crippen molar-refractivity contribution < 1.29 is 38.7 Å². The summed E-state index contributed by atoms with van der Waals surface area (Å²) in [6, 6.07) is 6.30. The molecular formula is C22H25F2NO6. The highest BCUT2D eigenvalue weighted by Gasteiger charge is 2.32. The molecule has 5 N–H and O–H groups in total. The van der Waals surface area contributed by atoms with Crippen molar-refractivity contribution in [3.63, 3.8) is 0 Å². The number of phenolic OH excluding ortho intramolecular Hbond substituents is 1.